The van der Waals surface area contributed by atoms with Crippen molar-refractivity contribution in [1.29, 1.82) is 0 Å². The first-order chi connectivity index (χ1) is 4.72. The third-order valence-corrected chi connectivity index (χ3v) is 2.54. The van der Waals surface area contributed by atoms with Gasteiger partial charge >= 0.3 is 0 Å². The van der Waals surface area contributed by atoms with Gasteiger partial charge in [-0.1, -0.05) is 13.3 Å². The van der Waals surface area contributed by atoms with Crippen LogP contribution in [0.5, 0.6) is 0 Å². The summed E-state index contributed by atoms with van der Waals surface area (Å²) >= 11 is 1.85. The average Bonchev–Trinajstić information content (AvgIpc) is 1.89. The zero-order valence-corrected chi connectivity index (χ0v) is 7.95. The molecule has 0 aromatic rings. The highest BCUT2D eigenvalue weighted by Crippen LogP contribution is 2.15. The summed E-state index contributed by atoms with van der Waals surface area (Å²) in [5.74, 6) is 1.68. The van der Waals surface area contributed by atoms with Gasteiger partial charge in [0.15, 0.2) is 0 Å². The normalized spacial score (nSPS) is 16.8. The van der Waals surface area contributed by atoms with E-state index in [0.717, 1.165) is 12.8 Å². The molecule has 0 spiro atoms. The van der Waals surface area contributed by atoms with Gasteiger partial charge < -0.3 is 5.11 Å². The third kappa shape index (κ3) is 4.18. The maximum atomic E-state index is 9.23. The van der Waals surface area contributed by atoms with E-state index in [-0.39, 0.29) is 6.10 Å². The van der Waals surface area contributed by atoms with Gasteiger partial charge in [-0.05, 0) is 31.3 Å². The van der Waals surface area contributed by atoms with Crippen molar-refractivity contribution in [2.75, 3.05) is 12.0 Å². The summed E-state index contributed by atoms with van der Waals surface area (Å²) in [5.41, 5.74) is 0. The molecular weight excluding hydrogens is 144 g/mol. The van der Waals surface area contributed by atoms with Crippen LogP contribution >= 0.6 is 11.8 Å². The molecule has 1 nitrogen and oxygen atoms in total. The average molecular weight is 162 g/mol. The van der Waals surface area contributed by atoms with Gasteiger partial charge in [0.25, 0.3) is 0 Å². The van der Waals surface area contributed by atoms with E-state index in [9.17, 15) is 5.11 Å². The first kappa shape index (κ1) is 10.3. The number of hydrogen-bond acceptors (Lipinski definition) is 2. The Balaban J connectivity index is 3.40. The molecular formula is C8H18OS. The molecule has 0 heterocycles. The fraction of sp³-hybridized carbons (Fsp3) is 1.00. The van der Waals surface area contributed by atoms with E-state index in [1.807, 2.05) is 18.7 Å². The summed E-state index contributed by atoms with van der Waals surface area (Å²) in [4.78, 5) is 0. The van der Waals surface area contributed by atoms with E-state index in [1.165, 1.54) is 5.75 Å². The lowest BCUT2D eigenvalue weighted by Gasteiger charge is -2.16. The molecule has 0 aliphatic heterocycles. The molecule has 0 amide bonds. The molecule has 2 unspecified atom stereocenters. The number of aliphatic hydroxyl groups is 1. The Morgan fingerprint density at radius 3 is 2.40 bits per heavy atom. The Labute approximate surface area is 68.2 Å². The monoisotopic (exact) mass is 162 g/mol. The molecule has 0 saturated carbocycles. The number of thioether (sulfide) groups is 1. The molecule has 62 valence electrons. The molecule has 0 aliphatic carbocycles. The van der Waals surface area contributed by atoms with Crippen LogP contribution in [0.25, 0.3) is 0 Å². The highest BCUT2D eigenvalue weighted by Gasteiger charge is 2.10. The molecule has 10 heavy (non-hydrogen) atoms. The van der Waals surface area contributed by atoms with Gasteiger partial charge in [0, 0.05) is 0 Å². The van der Waals surface area contributed by atoms with Crippen molar-refractivity contribution in [3.63, 3.8) is 0 Å². The van der Waals surface area contributed by atoms with Gasteiger partial charge in [-0.2, -0.15) is 11.8 Å². The van der Waals surface area contributed by atoms with Crippen LogP contribution in [0.1, 0.15) is 26.7 Å². The summed E-state index contributed by atoms with van der Waals surface area (Å²) in [6, 6.07) is 0. The second kappa shape index (κ2) is 6.05. The van der Waals surface area contributed by atoms with Crippen LogP contribution in [0.15, 0.2) is 0 Å². The van der Waals surface area contributed by atoms with Gasteiger partial charge in [0.1, 0.15) is 0 Å². The lowest BCUT2D eigenvalue weighted by molar-refractivity contribution is 0.121. The maximum Gasteiger partial charge on any atom is 0.0540 e. The Morgan fingerprint density at radius 1 is 1.50 bits per heavy atom. The van der Waals surface area contributed by atoms with Crippen LogP contribution in [0, 0.1) is 5.92 Å². The number of hydrogen-bond donors (Lipinski definition) is 1. The third-order valence-electron chi connectivity index (χ3n) is 1.90. The maximum absolute atomic E-state index is 9.23. The van der Waals surface area contributed by atoms with E-state index in [1.54, 1.807) is 0 Å². The Hall–Kier alpha value is 0.310. The van der Waals surface area contributed by atoms with Gasteiger partial charge in [-0.25, -0.2) is 0 Å². The van der Waals surface area contributed by atoms with Crippen LogP contribution in [0.3, 0.4) is 0 Å². The van der Waals surface area contributed by atoms with Crippen molar-refractivity contribution in [1.82, 2.24) is 0 Å². The van der Waals surface area contributed by atoms with Crippen molar-refractivity contribution < 1.29 is 5.11 Å². The van der Waals surface area contributed by atoms with Gasteiger partial charge in [0.2, 0.25) is 0 Å². The van der Waals surface area contributed by atoms with E-state index in [0.29, 0.717) is 5.92 Å². The molecule has 1 N–H and O–H groups in total. The molecule has 0 bridgehead atoms. The molecule has 0 rings (SSSR count). The highest BCUT2D eigenvalue weighted by atomic mass is 32.2. The van der Waals surface area contributed by atoms with Crippen molar-refractivity contribution in [3.05, 3.63) is 0 Å². The van der Waals surface area contributed by atoms with E-state index in [4.69, 9.17) is 0 Å². The highest BCUT2D eigenvalue weighted by molar-refractivity contribution is 7.98. The number of aliphatic hydroxyl groups excluding tert-OH is 1. The summed E-state index contributed by atoms with van der Waals surface area (Å²) in [7, 11) is 0. The van der Waals surface area contributed by atoms with E-state index >= 15 is 0 Å². The minimum absolute atomic E-state index is 0.128. The first-order valence-corrected chi connectivity index (χ1v) is 5.28. The second-order valence-corrected chi connectivity index (χ2v) is 3.68. The Morgan fingerprint density at radius 2 is 2.10 bits per heavy atom. The lowest BCUT2D eigenvalue weighted by atomic mass is 9.98. The zero-order valence-electron chi connectivity index (χ0n) is 7.13. The fourth-order valence-electron chi connectivity index (χ4n) is 1.06. The summed E-state index contributed by atoms with van der Waals surface area (Å²) < 4.78 is 0. The molecule has 0 aromatic carbocycles. The molecule has 2 heteroatoms. The standard InChI is InChI=1S/C8H18OS/c1-4-8(7(2)9)5-6-10-3/h7-9H,4-6H2,1-3H3. The fourth-order valence-corrected chi connectivity index (χ4v) is 1.59. The minimum atomic E-state index is -0.128. The number of rotatable bonds is 5. The zero-order chi connectivity index (χ0) is 7.98. The van der Waals surface area contributed by atoms with Crippen molar-refractivity contribution in [2.45, 2.75) is 32.8 Å². The minimum Gasteiger partial charge on any atom is -0.393 e. The van der Waals surface area contributed by atoms with Gasteiger partial charge in [0.05, 0.1) is 6.10 Å². The second-order valence-electron chi connectivity index (χ2n) is 2.69. The van der Waals surface area contributed by atoms with Gasteiger partial charge in [-0.15, -0.1) is 0 Å². The molecule has 0 fully saturated rings. The Bertz CT molecular complexity index is 73.7. The van der Waals surface area contributed by atoms with E-state index in [2.05, 4.69) is 13.2 Å². The topological polar surface area (TPSA) is 20.2 Å². The summed E-state index contributed by atoms with van der Waals surface area (Å²) in [5, 5.41) is 9.23. The predicted octanol–water partition coefficient (Wildman–Crippen LogP) is 2.15. The smallest absolute Gasteiger partial charge is 0.0540 e. The largest absolute Gasteiger partial charge is 0.393 e. The van der Waals surface area contributed by atoms with Crippen LogP contribution in [0.4, 0.5) is 0 Å². The first-order valence-electron chi connectivity index (χ1n) is 3.89. The summed E-state index contributed by atoms with van der Waals surface area (Å²) in [6.07, 6.45) is 4.22. The molecule has 2 atom stereocenters. The van der Waals surface area contributed by atoms with Crippen molar-refractivity contribution in [3.8, 4) is 0 Å². The van der Waals surface area contributed by atoms with Crippen LogP contribution in [0.2, 0.25) is 0 Å². The van der Waals surface area contributed by atoms with Crippen LogP contribution in [-0.4, -0.2) is 23.2 Å². The predicted molar refractivity (Wildman–Crippen MR) is 48.5 cm³/mol. The van der Waals surface area contributed by atoms with Crippen molar-refractivity contribution in [2.24, 2.45) is 5.92 Å². The van der Waals surface area contributed by atoms with Gasteiger partial charge in [-0.3, -0.25) is 0 Å². The Kier molecular flexibility index (Phi) is 6.24. The quantitative estimate of drug-likeness (QED) is 0.668. The van der Waals surface area contributed by atoms with Crippen molar-refractivity contribution >= 4 is 11.8 Å². The molecule has 0 saturated heterocycles. The lowest BCUT2D eigenvalue weighted by Crippen LogP contribution is -2.16. The van der Waals surface area contributed by atoms with Crippen LogP contribution in [-0.2, 0) is 0 Å². The SMILES string of the molecule is CCC(CCSC)C(C)O. The molecule has 0 radical (unpaired) electrons. The van der Waals surface area contributed by atoms with E-state index < -0.39 is 0 Å². The molecule has 0 aliphatic rings. The summed E-state index contributed by atoms with van der Waals surface area (Å²) in [6.45, 7) is 4.02. The van der Waals surface area contributed by atoms with Crippen LogP contribution < -0.4 is 0 Å². The molecule has 0 aromatic heterocycles.